The number of benzene rings is 1. The highest BCUT2D eigenvalue weighted by molar-refractivity contribution is 5.72. The molecule has 1 aromatic carbocycles. The van der Waals surface area contributed by atoms with Crippen molar-refractivity contribution in [3.63, 3.8) is 0 Å². The fourth-order valence-corrected chi connectivity index (χ4v) is 2.27. The van der Waals surface area contributed by atoms with Gasteiger partial charge in [0.25, 0.3) is 0 Å². The van der Waals surface area contributed by atoms with E-state index in [-0.39, 0.29) is 19.6 Å². The summed E-state index contributed by atoms with van der Waals surface area (Å²) in [6.45, 7) is -0.0384. The van der Waals surface area contributed by atoms with Gasteiger partial charge in [0.1, 0.15) is 0 Å². The number of nitrogens with zero attached hydrogens (tertiary/aromatic N) is 2. The van der Waals surface area contributed by atoms with Gasteiger partial charge in [-0.2, -0.15) is 0 Å². The first-order chi connectivity index (χ1) is 11.4. The van der Waals surface area contributed by atoms with Crippen LogP contribution in [0, 0.1) is 0 Å². The van der Waals surface area contributed by atoms with Gasteiger partial charge in [0.2, 0.25) is 0 Å². The van der Waals surface area contributed by atoms with Gasteiger partial charge in [-0.3, -0.25) is 24.2 Å². The number of carbonyl (C=O) groups is 3. The second kappa shape index (κ2) is 10.3. The molecule has 0 saturated carbocycles. The molecule has 0 atom stereocenters. The van der Waals surface area contributed by atoms with Crippen LogP contribution in [0.4, 0.5) is 0 Å². The first kappa shape index (κ1) is 19.6. The third kappa shape index (κ3) is 8.86. The Kier molecular flexibility index (Phi) is 8.45. The Morgan fingerprint density at radius 3 is 1.67 bits per heavy atom. The first-order valence-electron chi connectivity index (χ1n) is 7.51. The van der Waals surface area contributed by atoms with Crippen molar-refractivity contribution in [2.75, 3.05) is 39.3 Å². The summed E-state index contributed by atoms with van der Waals surface area (Å²) in [7, 11) is 0. The summed E-state index contributed by atoms with van der Waals surface area (Å²) in [6, 6.07) is 9.59. The van der Waals surface area contributed by atoms with Crippen LogP contribution >= 0.6 is 0 Å². The van der Waals surface area contributed by atoms with Crippen molar-refractivity contribution in [1.29, 1.82) is 0 Å². The number of hydrogen-bond donors (Lipinski definition) is 3. The minimum Gasteiger partial charge on any atom is -0.480 e. The summed E-state index contributed by atoms with van der Waals surface area (Å²) >= 11 is 0. The third-order valence-electron chi connectivity index (χ3n) is 3.37. The van der Waals surface area contributed by atoms with E-state index in [0.29, 0.717) is 13.0 Å². The summed E-state index contributed by atoms with van der Waals surface area (Å²) in [4.78, 5) is 35.5. The maximum absolute atomic E-state index is 11.0. The van der Waals surface area contributed by atoms with Gasteiger partial charge in [-0.15, -0.1) is 0 Å². The minimum absolute atomic E-state index is 0.167. The van der Waals surface area contributed by atoms with Crippen LogP contribution in [0.3, 0.4) is 0 Å². The predicted molar refractivity (Wildman–Crippen MR) is 85.9 cm³/mol. The fraction of sp³-hybridized carbons (Fsp3) is 0.438. The van der Waals surface area contributed by atoms with Crippen molar-refractivity contribution in [3.8, 4) is 0 Å². The highest BCUT2D eigenvalue weighted by atomic mass is 16.4. The van der Waals surface area contributed by atoms with Gasteiger partial charge in [-0.05, 0) is 12.0 Å². The molecule has 8 nitrogen and oxygen atoms in total. The summed E-state index contributed by atoms with van der Waals surface area (Å²) in [5.74, 6) is -3.22. The van der Waals surface area contributed by atoms with E-state index in [4.69, 9.17) is 15.3 Å². The Morgan fingerprint density at radius 2 is 1.17 bits per heavy atom. The average molecular weight is 338 g/mol. The van der Waals surface area contributed by atoms with E-state index in [1.807, 2.05) is 30.3 Å². The zero-order valence-corrected chi connectivity index (χ0v) is 13.3. The molecule has 0 unspecified atom stereocenters. The van der Waals surface area contributed by atoms with E-state index in [2.05, 4.69) is 0 Å². The summed E-state index contributed by atoms with van der Waals surface area (Å²) in [5.41, 5.74) is 1.07. The molecule has 1 rings (SSSR count). The molecule has 0 bridgehead atoms. The van der Waals surface area contributed by atoms with Crippen molar-refractivity contribution in [2.24, 2.45) is 0 Å². The predicted octanol–water partition coefficient (Wildman–Crippen LogP) is 0.0869. The lowest BCUT2D eigenvalue weighted by molar-refractivity contribution is -0.143. The van der Waals surface area contributed by atoms with Gasteiger partial charge in [-0.1, -0.05) is 30.3 Å². The number of aliphatic carboxylic acids is 3. The fourth-order valence-electron chi connectivity index (χ4n) is 2.27. The highest BCUT2D eigenvalue weighted by Crippen LogP contribution is 2.02. The Hall–Kier alpha value is -2.45. The Morgan fingerprint density at radius 1 is 0.708 bits per heavy atom. The van der Waals surface area contributed by atoms with Crippen LogP contribution in [0.15, 0.2) is 30.3 Å². The summed E-state index contributed by atoms with van der Waals surface area (Å²) in [5, 5.41) is 26.6. The van der Waals surface area contributed by atoms with Crippen LogP contribution in [0.2, 0.25) is 0 Å². The molecule has 0 amide bonds. The summed E-state index contributed by atoms with van der Waals surface area (Å²) in [6.07, 6.45) is 0.659. The van der Waals surface area contributed by atoms with E-state index in [1.165, 1.54) is 4.90 Å². The monoisotopic (exact) mass is 338 g/mol. The molecule has 132 valence electrons. The van der Waals surface area contributed by atoms with E-state index in [1.54, 1.807) is 4.90 Å². The highest BCUT2D eigenvalue weighted by Gasteiger charge is 2.16. The molecule has 0 aliphatic rings. The SMILES string of the molecule is O=C(O)CN(CCc1ccccc1)CCN(CC(=O)O)CC(=O)O. The first-order valence-corrected chi connectivity index (χ1v) is 7.51. The number of carboxylic acids is 3. The van der Waals surface area contributed by atoms with Gasteiger partial charge in [0.05, 0.1) is 19.6 Å². The molecule has 3 N–H and O–H groups in total. The van der Waals surface area contributed by atoms with E-state index in [0.717, 1.165) is 5.56 Å². The molecule has 1 aromatic rings. The lowest BCUT2D eigenvalue weighted by atomic mass is 10.1. The molecule has 0 aliphatic heterocycles. The molecule has 0 saturated heterocycles. The Labute approximate surface area is 139 Å². The van der Waals surface area contributed by atoms with Gasteiger partial charge >= 0.3 is 17.9 Å². The second-order valence-corrected chi connectivity index (χ2v) is 5.40. The number of carboxylic acid groups (broad SMARTS) is 3. The molecule has 0 heterocycles. The lowest BCUT2D eigenvalue weighted by Gasteiger charge is -2.24. The molecule has 8 heteroatoms. The molecular formula is C16H22N2O6. The Balaban J connectivity index is 2.57. The maximum atomic E-state index is 11.0. The van der Waals surface area contributed by atoms with Crippen LogP contribution in [0.25, 0.3) is 0 Å². The van der Waals surface area contributed by atoms with Crippen LogP contribution in [0.5, 0.6) is 0 Å². The van der Waals surface area contributed by atoms with Crippen LogP contribution in [-0.2, 0) is 20.8 Å². The molecule has 0 aromatic heterocycles. The quantitative estimate of drug-likeness (QED) is 0.491. The zero-order chi connectivity index (χ0) is 17.9. The van der Waals surface area contributed by atoms with Gasteiger partial charge in [0, 0.05) is 19.6 Å². The van der Waals surface area contributed by atoms with Crippen molar-refractivity contribution in [2.45, 2.75) is 6.42 Å². The molecule has 0 aliphatic carbocycles. The minimum atomic E-state index is -1.12. The van der Waals surface area contributed by atoms with Gasteiger partial charge < -0.3 is 15.3 Å². The third-order valence-corrected chi connectivity index (χ3v) is 3.37. The molecule has 0 spiro atoms. The standard InChI is InChI=1S/C16H22N2O6/c19-14(20)10-17(7-6-13-4-2-1-3-5-13)8-9-18(11-15(21)22)12-16(23)24/h1-5H,6-12H2,(H,19,20)(H,21,22)(H,23,24). The van der Waals surface area contributed by atoms with E-state index < -0.39 is 31.0 Å². The molecule has 0 radical (unpaired) electrons. The molecule has 24 heavy (non-hydrogen) atoms. The Bertz CT molecular complexity index is 533. The van der Waals surface area contributed by atoms with Crippen LogP contribution in [0.1, 0.15) is 5.56 Å². The molecular weight excluding hydrogens is 316 g/mol. The largest absolute Gasteiger partial charge is 0.480 e. The maximum Gasteiger partial charge on any atom is 0.317 e. The van der Waals surface area contributed by atoms with E-state index in [9.17, 15) is 14.4 Å². The van der Waals surface area contributed by atoms with Crippen LogP contribution in [-0.4, -0.2) is 82.3 Å². The number of hydrogen-bond acceptors (Lipinski definition) is 5. The lowest BCUT2D eigenvalue weighted by Crippen LogP contribution is -2.42. The van der Waals surface area contributed by atoms with Crippen LogP contribution < -0.4 is 0 Å². The van der Waals surface area contributed by atoms with Crippen molar-refractivity contribution in [1.82, 2.24) is 9.80 Å². The van der Waals surface area contributed by atoms with Gasteiger partial charge in [-0.25, -0.2) is 0 Å². The normalized spacial score (nSPS) is 10.9. The molecule has 0 fully saturated rings. The van der Waals surface area contributed by atoms with E-state index >= 15 is 0 Å². The summed E-state index contributed by atoms with van der Waals surface area (Å²) < 4.78 is 0. The average Bonchev–Trinajstić information content (AvgIpc) is 2.49. The van der Waals surface area contributed by atoms with Crippen molar-refractivity contribution < 1.29 is 29.7 Å². The topological polar surface area (TPSA) is 118 Å². The second-order valence-electron chi connectivity index (χ2n) is 5.40. The van der Waals surface area contributed by atoms with Gasteiger partial charge in [0.15, 0.2) is 0 Å². The van der Waals surface area contributed by atoms with Crippen molar-refractivity contribution in [3.05, 3.63) is 35.9 Å². The smallest absolute Gasteiger partial charge is 0.317 e. The number of rotatable bonds is 12. The van der Waals surface area contributed by atoms with Crippen molar-refractivity contribution >= 4 is 17.9 Å². The zero-order valence-electron chi connectivity index (χ0n) is 13.3.